The summed E-state index contributed by atoms with van der Waals surface area (Å²) in [5.74, 6) is 2.17. The van der Waals surface area contributed by atoms with Gasteiger partial charge in [0.2, 0.25) is 0 Å². The van der Waals surface area contributed by atoms with Gasteiger partial charge in [0.1, 0.15) is 0 Å². The van der Waals surface area contributed by atoms with Gasteiger partial charge in [-0.05, 0) is 0 Å². The van der Waals surface area contributed by atoms with Gasteiger partial charge in [0, 0.05) is 0 Å². The third-order valence-electron chi connectivity index (χ3n) is 7.86. The number of carbonyl (C=O) groups excluding carboxylic acids is 1. The number of hydrogen-bond donors (Lipinski definition) is 2. The first kappa shape index (κ1) is 19.8. The van der Waals surface area contributed by atoms with Crippen LogP contribution in [0.15, 0.2) is 24.3 Å². The van der Waals surface area contributed by atoms with Crippen LogP contribution in [-0.4, -0.2) is 43.9 Å². The molecule has 1 amide bonds. The molecule has 4 aliphatic rings. The van der Waals surface area contributed by atoms with Crippen molar-refractivity contribution in [1.82, 2.24) is 8.86 Å². The van der Waals surface area contributed by atoms with E-state index < -0.39 is 37.7 Å². The second-order valence-electron chi connectivity index (χ2n) is 9.44. The molecule has 1 spiro atoms. The molecule has 29 heavy (non-hydrogen) atoms. The van der Waals surface area contributed by atoms with Crippen LogP contribution in [0, 0.1) is 29.1 Å². The van der Waals surface area contributed by atoms with Crippen LogP contribution in [0.5, 0.6) is 5.75 Å². The fourth-order valence-electron chi connectivity index (χ4n) is 6.60. The molecule has 9 heteroatoms. The normalized spacial score (nSPS) is 36.2. The fraction of sp³-hybridized carbons (Fsp3) is 0.650. The molecule has 156 valence electrons. The molecule has 5 rings (SSSR count). The molecule has 5 nitrogen and oxygen atoms in total. The van der Waals surface area contributed by atoms with Crippen molar-refractivity contribution in [3.63, 3.8) is 0 Å². The van der Waals surface area contributed by atoms with Crippen LogP contribution in [0.25, 0.3) is 0 Å². The molecular formula is C20H23F3N2O3Sn. The van der Waals surface area contributed by atoms with Gasteiger partial charge < -0.3 is 0 Å². The Labute approximate surface area is 174 Å². The number of benzene rings is 1. The van der Waals surface area contributed by atoms with E-state index in [9.17, 15) is 21.0 Å². The zero-order valence-corrected chi connectivity index (χ0v) is 19.0. The van der Waals surface area contributed by atoms with E-state index in [0.29, 0.717) is 17.3 Å². The van der Waals surface area contributed by atoms with Crippen molar-refractivity contribution in [2.75, 3.05) is 0 Å². The molecule has 1 aromatic rings. The summed E-state index contributed by atoms with van der Waals surface area (Å²) in [6.07, 6.45) is -1.13. The SMILES string of the molecule is CC(C)([NH][Sn](=[O])[c]1ccccc1OC(F)(F)F)C(=O)NC1C2CC3CC4CC1C342. The zero-order chi connectivity index (χ0) is 20.8. The summed E-state index contributed by atoms with van der Waals surface area (Å²) in [5.41, 5.74) is -0.612. The number of nitrogens with one attached hydrogen (secondary N) is 2. The summed E-state index contributed by atoms with van der Waals surface area (Å²) in [4.78, 5) is 12.9. The monoisotopic (exact) mass is 516 g/mol. The molecule has 0 radical (unpaired) electrons. The van der Waals surface area contributed by atoms with Gasteiger partial charge in [-0.1, -0.05) is 0 Å². The van der Waals surface area contributed by atoms with Crippen LogP contribution in [0.3, 0.4) is 0 Å². The number of carbonyl (C=O) groups is 1. The summed E-state index contributed by atoms with van der Waals surface area (Å²) in [6, 6.07) is 5.60. The van der Waals surface area contributed by atoms with Gasteiger partial charge in [-0.3, -0.25) is 0 Å². The van der Waals surface area contributed by atoms with E-state index in [0.717, 1.165) is 17.9 Å². The average molecular weight is 515 g/mol. The molecule has 2 N–H and O–H groups in total. The molecule has 0 aromatic heterocycles. The van der Waals surface area contributed by atoms with Crippen molar-refractivity contribution in [3.8, 4) is 5.75 Å². The van der Waals surface area contributed by atoms with Gasteiger partial charge >= 0.3 is 174 Å². The van der Waals surface area contributed by atoms with Crippen molar-refractivity contribution >= 4 is 29.5 Å². The Hall–Kier alpha value is -1.16. The molecule has 4 fully saturated rings. The number of rotatable bonds is 6. The van der Waals surface area contributed by atoms with Crippen LogP contribution in [-0.2, 0) is 7.87 Å². The summed E-state index contributed by atoms with van der Waals surface area (Å²) < 4.78 is 57.6. The molecule has 0 saturated heterocycles. The molecule has 4 aliphatic carbocycles. The van der Waals surface area contributed by atoms with Crippen LogP contribution in [0.1, 0.15) is 33.1 Å². The molecule has 4 saturated carbocycles. The van der Waals surface area contributed by atoms with E-state index in [2.05, 4.69) is 13.6 Å². The van der Waals surface area contributed by atoms with Crippen molar-refractivity contribution < 1.29 is 25.8 Å². The summed E-state index contributed by atoms with van der Waals surface area (Å²) in [5, 5.41) is 3.14. The molecule has 0 aliphatic heterocycles. The van der Waals surface area contributed by atoms with E-state index in [4.69, 9.17) is 0 Å². The van der Waals surface area contributed by atoms with Crippen molar-refractivity contribution in [2.24, 2.45) is 29.1 Å². The number of ether oxygens (including phenoxy) is 1. The van der Waals surface area contributed by atoms with Crippen molar-refractivity contribution in [1.29, 1.82) is 0 Å². The molecule has 4 atom stereocenters. The molecule has 1 aromatic carbocycles. The van der Waals surface area contributed by atoms with Crippen LogP contribution >= 0.6 is 0 Å². The molecule has 0 bridgehead atoms. The molecule has 4 unspecified atom stereocenters. The summed E-state index contributed by atoms with van der Waals surface area (Å²) in [7, 11) is 0. The van der Waals surface area contributed by atoms with Crippen molar-refractivity contribution in [2.45, 2.75) is 51.1 Å². The second kappa shape index (κ2) is 6.18. The van der Waals surface area contributed by atoms with Crippen LogP contribution in [0.2, 0.25) is 0 Å². The van der Waals surface area contributed by atoms with Crippen molar-refractivity contribution in [3.05, 3.63) is 24.3 Å². The Kier molecular flexibility index (Phi) is 4.22. The number of alkyl halides is 3. The third kappa shape index (κ3) is 2.73. The maximum absolute atomic E-state index is 12.9. The Bertz CT molecular complexity index is 881. The summed E-state index contributed by atoms with van der Waals surface area (Å²) in [6.45, 7) is 3.25. The number of para-hydroxylation sites is 1. The minimum atomic E-state index is -4.87. The zero-order valence-electron chi connectivity index (χ0n) is 16.2. The third-order valence-corrected chi connectivity index (χ3v) is 12.9. The Morgan fingerprint density at radius 2 is 1.76 bits per heavy atom. The minimum absolute atomic E-state index is 0.00818. The van der Waals surface area contributed by atoms with E-state index in [1.54, 1.807) is 13.8 Å². The fourth-order valence-corrected chi connectivity index (χ4v) is 10.7. The predicted octanol–water partition coefficient (Wildman–Crippen LogP) is 2.24. The summed E-state index contributed by atoms with van der Waals surface area (Å²) >= 11 is -3.98. The molecule has 0 heterocycles. The molecular weight excluding hydrogens is 492 g/mol. The van der Waals surface area contributed by atoms with E-state index >= 15 is 0 Å². The number of hydrogen-bond acceptors (Lipinski definition) is 3. The first-order valence-corrected chi connectivity index (χ1v) is 14.0. The van der Waals surface area contributed by atoms with Crippen LogP contribution in [0.4, 0.5) is 13.2 Å². The van der Waals surface area contributed by atoms with Gasteiger partial charge in [0.25, 0.3) is 0 Å². The quantitative estimate of drug-likeness (QED) is 0.571. The first-order valence-electron chi connectivity index (χ1n) is 10.0. The second-order valence-corrected chi connectivity index (χ2v) is 13.6. The standard InChI is InChI=1S/C13H19N2O.C7H4F3O.O.Sn/c1-12(2,14)11(16)15-10-8-4-6-3-7-5-9(10)13(6,7)8;8-7(9,10)11-6-4-2-1-3-5-6;;/h6-10,14H,3-5H2,1-2H3,(H,15,16);1-4H;;/q-1;;;+1. The van der Waals surface area contributed by atoms with E-state index in [1.807, 2.05) is 0 Å². The van der Waals surface area contributed by atoms with E-state index in [-0.39, 0.29) is 15.5 Å². The average Bonchev–Trinajstić information content (AvgIpc) is 2.54. The maximum atomic E-state index is 12.9. The Balaban J connectivity index is 1.24. The Morgan fingerprint density at radius 1 is 1.14 bits per heavy atom. The van der Waals surface area contributed by atoms with Gasteiger partial charge in [0.15, 0.2) is 0 Å². The van der Waals surface area contributed by atoms with E-state index in [1.165, 1.54) is 37.5 Å². The number of halogens is 3. The van der Waals surface area contributed by atoms with Gasteiger partial charge in [-0.25, -0.2) is 0 Å². The van der Waals surface area contributed by atoms with Crippen LogP contribution < -0.4 is 17.2 Å². The predicted molar refractivity (Wildman–Crippen MR) is 98.6 cm³/mol. The topological polar surface area (TPSA) is 67.4 Å². The Morgan fingerprint density at radius 3 is 2.34 bits per heavy atom. The van der Waals surface area contributed by atoms with Gasteiger partial charge in [-0.2, -0.15) is 0 Å². The number of amides is 1. The van der Waals surface area contributed by atoms with Gasteiger partial charge in [-0.15, -0.1) is 0 Å². The first-order chi connectivity index (χ1) is 13.5. The van der Waals surface area contributed by atoms with Gasteiger partial charge in [0.05, 0.1) is 0 Å².